The van der Waals surface area contributed by atoms with Crippen LogP contribution in [-0.4, -0.2) is 25.5 Å². The SMILES string of the molecule is O=Cc1cn2c(-n3cccn3)cc(Br)cc2n1. The largest absolute Gasteiger partial charge is 0.296 e. The highest BCUT2D eigenvalue weighted by molar-refractivity contribution is 9.10. The number of fused-ring (bicyclic) bond motifs is 1. The topological polar surface area (TPSA) is 52.2 Å². The number of carbonyl (C=O) groups is 1. The first-order valence-electron chi connectivity index (χ1n) is 4.92. The molecule has 0 N–H and O–H groups in total. The minimum absolute atomic E-state index is 0.400. The summed E-state index contributed by atoms with van der Waals surface area (Å²) in [5.41, 5.74) is 1.10. The summed E-state index contributed by atoms with van der Waals surface area (Å²) in [6.45, 7) is 0. The zero-order valence-corrected chi connectivity index (χ0v) is 10.2. The van der Waals surface area contributed by atoms with Gasteiger partial charge in [-0.2, -0.15) is 5.10 Å². The summed E-state index contributed by atoms with van der Waals surface area (Å²) >= 11 is 3.42. The van der Waals surface area contributed by atoms with Crippen molar-refractivity contribution in [1.29, 1.82) is 0 Å². The summed E-state index contributed by atoms with van der Waals surface area (Å²) in [5.74, 6) is 0.819. The molecule has 0 aliphatic carbocycles. The Bertz CT molecular complexity index is 687. The Morgan fingerprint density at radius 2 is 2.24 bits per heavy atom. The van der Waals surface area contributed by atoms with Gasteiger partial charge in [-0.25, -0.2) is 9.67 Å². The van der Waals surface area contributed by atoms with Gasteiger partial charge in [-0.05, 0) is 18.2 Å². The number of rotatable bonds is 2. The molecule has 0 atom stereocenters. The van der Waals surface area contributed by atoms with Gasteiger partial charge in [0.1, 0.15) is 17.2 Å². The summed E-state index contributed by atoms with van der Waals surface area (Å²) < 4.78 is 4.42. The molecule has 0 radical (unpaired) electrons. The predicted octanol–water partition coefficient (Wildman–Crippen LogP) is 2.09. The molecule has 17 heavy (non-hydrogen) atoms. The van der Waals surface area contributed by atoms with E-state index in [0.29, 0.717) is 11.3 Å². The fourth-order valence-corrected chi connectivity index (χ4v) is 2.10. The molecule has 3 aromatic rings. The lowest BCUT2D eigenvalue weighted by molar-refractivity contribution is 0.111. The van der Waals surface area contributed by atoms with Crippen molar-refractivity contribution in [3.63, 3.8) is 0 Å². The third-order valence-electron chi connectivity index (χ3n) is 2.39. The van der Waals surface area contributed by atoms with Gasteiger partial charge in [-0.15, -0.1) is 0 Å². The normalized spacial score (nSPS) is 10.9. The van der Waals surface area contributed by atoms with Gasteiger partial charge in [0.25, 0.3) is 0 Å². The zero-order valence-electron chi connectivity index (χ0n) is 8.62. The number of aromatic nitrogens is 4. The second-order valence-electron chi connectivity index (χ2n) is 3.49. The molecule has 6 heteroatoms. The smallest absolute Gasteiger partial charge is 0.170 e. The number of halogens is 1. The third-order valence-corrected chi connectivity index (χ3v) is 2.85. The summed E-state index contributed by atoms with van der Waals surface area (Å²) in [4.78, 5) is 14.9. The summed E-state index contributed by atoms with van der Waals surface area (Å²) in [7, 11) is 0. The number of nitrogens with zero attached hydrogens (tertiary/aromatic N) is 4. The molecule has 0 bridgehead atoms. The van der Waals surface area contributed by atoms with Crippen LogP contribution in [-0.2, 0) is 0 Å². The van der Waals surface area contributed by atoms with Crippen molar-refractivity contribution in [3.8, 4) is 5.82 Å². The Morgan fingerprint density at radius 3 is 2.94 bits per heavy atom. The van der Waals surface area contributed by atoms with Crippen LogP contribution < -0.4 is 0 Å². The maximum atomic E-state index is 10.7. The Balaban J connectivity index is 2.36. The lowest BCUT2D eigenvalue weighted by atomic mass is 10.4. The van der Waals surface area contributed by atoms with Gasteiger partial charge in [0.05, 0.1) is 0 Å². The first kappa shape index (κ1) is 10.2. The number of imidazole rings is 1. The van der Waals surface area contributed by atoms with E-state index in [1.54, 1.807) is 17.1 Å². The Morgan fingerprint density at radius 1 is 1.35 bits per heavy atom. The van der Waals surface area contributed by atoms with E-state index >= 15 is 0 Å². The molecule has 0 saturated heterocycles. The molecule has 0 saturated carbocycles. The molecule has 3 heterocycles. The van der Waals surface area contributed by atoms with Crippen molar-refractivity contribution < 1.29 is 4.79 Å². The fourth-order valence-electron chi connectivity index (χ4n) is 1.69. The predicted molar refractivity (Wildman–Crippen MR) is 65.4 cm³/mol. The molecule has 0 fully saturated rings. The molecule has 0 unspecified atom stereocenters. The van der Waals surface area contributed by atoms with E-state index in [-0.39, 0.29) is 0 Å². The standard InChI is InChI=1S/C11H7BrN4O/c12-8-4-10-14-9(7-17)6-15(10)11(5-8)16-3-1-2-13-16/h1-7H. The van der Waals surface area contributed by atoms with Crippen LogP contribution in [0.2, 0.25) is 0 Å². The van der Waals surface area contributed by atoms with Gasteiger partial charge in [-0.3, -0.25) is 9.20 Å². The van der Waals surface area contributed by atoms with Crippen LogP contribution in [0.3, 0.4) is 0 Å². The van der Waals surface area contributed by atoms with Gasteiger partial charge in [0.15, 0.2) is 6.29 Å². The van der Waals surface area contributed by atoms with Crippen LogP contribution in [0.5, 0.6) is 0 Å². The lowest BCUT2D eigenvalue weighted by Gasteiger charge is -2.05. The molecule has 3 rings (SSSR count). The monoisotopic (exact) mass is 290 g/mol. The molecule has 0 amide bonds. The van der Waals surface area contributed by atoms with Gasteiger partial charge in [0.2, 0.25) is 0 Å². The van der Waals surface area contributed by atoms with E-state index in [0.717, 1.165) is 16.6 Å². The molecule has 0 aliphatic rings. The molecule has 3 aromatic heterocycles. The average Bonchev–Trinajstić information content (AvgIpc) is 2.96. The Hall–Kier alpha value is -1.95. The minimum Gasteiger partial charge on any atom is -0.296 e. The average molecular weight is 291 g/mol. The minimum atomic E-state index is 0.400. The van der Waals surface area contributed by atoms with Crippen LogP contribution in [0, 0.1) is 0 Å². The quantitative estimate of drug-likeness (QED) is 0.679. The van der Waals surface area contributed by atoms with Crippen LogP contribution in [0.25, 0.3) is 11.5 Å². The lowest BCUT2D eigenvalue weighted by Crippen LogP contribution is -2.01. The van der Waals surface area contributed by atoms with Crippen molar-refractivity contribution in [2.24, 2.45) is 0 Å². The Labute approximate surface area is 105 Å². The maximum absolute atomic E-state index is 10.7. The molecule has 0 aliphatic heterocycles. The highest BCUT2D eigenvalue weighted by atomic mass is 79.9. The van der Waals surface area contributed by atoms with E-state index in [4.69, 9.17) is 0 Å². The van der Waals surface area contributed by atoms with Gasteiger partial charge < -0.3 is 0 Å². The van der Waals surface area contributed by atoms with Crippen molar-refractivity contribution in [3.05, 3.63) is 47.0 Å². The summed E-state index contributed by atoms with van der Waals surface area (Å²) in [5, 5.41) is 4.17. The Kier molecular flexibility index (Phi) is 2.29. The number of aldehydes is 1. The van der Waals surface area contributed by atoms with Crippen LogP contribution >= 0.6 is 15.9 Å². The summed E-state index contributed by atoms with van der Waals surface area (Å²) in [6.07, 6.45) is 5.95. The van der Waals surface area contributed by atoms with Crippen molar-refractivity contribution in [1.82, 2.24) is 19.2 Å². The second kappa shape index (κ2) is 3.81. The second-order valence-corrected chi connectivity index (χ2v) is 4.41. The van der Waals surface area contributed by atoms with Gasteiger partial charge in [0, 0.05) is 23.1 Å². The van der Waals surface area contributed by atoms with E-state index in [2.05, 4.69) is 26.0 Å². The molecule has 0 spiro atoms. The molecule has 5 nitrogen and oxygen atoms in total. The molecular weight excluding hydrogens is 284 g/mol. The zero-order chi connectivity index (χ0) is 11.8. The highest BCUT2D eigenvalue weighted by Gasteiger charge is 2.08. The molecular formula is C11H7BrN4O. The number of pyridine rings is 1. The highest BCUT2D eigenvalue weighted by Crippen LogP contribution is 2.19. The molecule has 84 valence electrons. The maximum Gasteiger partial charge on any atom is 0.170 e. The fraction of sp³-hybridized carbons (Fsp3) is 0. The van der Waals surface area contributed by atoms with Crippen LogP contribution in [0.15, 0.2) is 41.3 Å². The first-order valence-corrected chi connectivity index (χ1v) is 5.71. The van der Waals surface area contributed by atoms with Crippen LogP contribution in [0.1, 0.15) is 10.5 Å². The van der Waals surface area contributed by atoms with Crippen molar-refractivity contribution in [2.45, 2.75) is 0 Å². The van der Waals surface area contributed by atoms with E-state index < -0.39 is 0 Å². The molecule has 0 aromatic carbocycles. The van der Waals surface area contributed by atoms with Gasteiger partial charge in [-0.1, -0.05) is 15.9 Å². The number of hydrogen-bond acceptors (Lipinski definition) is 3. The van der Waals surface area contributed by atoms with Crippen LogP contribution in [0.4, 0.5) is 0 Å². The van der Waals surface area contributed by atoms with E-state index in [1.165, 1.54) is 0 Å². The summed E-state index contributed by atoms with van der Waals surface area (Å²) in [6, 6.07) is 5.60. The number of hydrogen-bond donors (Lipinski definition) is 0. The van der Waals surface area contributed by atoms with Gasteiger partial charge >= 0.3 is 0 Å². The van der Waals surface area contributed by atoms with E-state index in [1.807, 2.05) is 28.8 Å². The third kappa shape index (κ3) is 1.66. The van der Waals surface area contributed by atoms with E-state index in [9.17, 15) is 4.79 Å². The number of carbonyl (C=O) groups excluding carboxylic acids is 1. The first-order chi connectivity index (χ1) is 8.28. The van der Waals surface area contributed by atoms with Crippen molar-refractivity contribution in [2.75, 3.05) is 0 Å². The van der Waals surface area contributed by atoms with Crippen molar-refractivity contribution >= 4 is 27.9 Å².